The number of likely N-dealkylation sites (N-methyl/N-ethyl adjacent to an activating group) is 1. The fraction of sp³-hybridized carbons (Fsp3) is 0.560. The van der Waals surface area contributed by atoms with E-state index in [0.29, 0.717) is 32.2 Å². The number of rotatable bonds is 11. The molecule has 0 unspecified atom stereocenters. The molecule has 176 valence electrons. The largest absolute Gasteiger partial charge is 0.491 e. The van der Waals surface area contributed by atoms with Crippen LogP contribution in [0.25, 0.3) is 0 Å². The van der Waals surface area contributed by atoms with E-state index in [1.807, 2.05) is 28.9 Å². The van der Waals surface area contributed by atoms with Gasteiger partial charge >= 0.3 is 0 Å². The molecule has 1 amide bonds. The van der Waals surface area contributed by atoms with Crippen LogP contribution in [0.4, 0.5) is 0 Å². The number of methoxy groups -OCH3 is 1. The zero-order valence-electron chi connectivity index (χ0n) is 19.6. The number of benzene rings is 1. The molecule has 2 heterocycles. The molecule has 0 saturated heterocycles. The first kappa shape index (κ1) is 24.7. The van der Waals surface area contributed by atoms with Gasteiger partial charge in [0.15, 0.2) is 0 Å². The lowest BCUT2D eigenvalue weighted by Gasteiger charge is -2.37. The number of carbonyl (C=O) groups is 1. The van der Waals surface area contributed by atoms with Crippen molar-refractivity contribution in [2.75, 3.05) is 46.5 Å². The third-order valence-electron chi connectivity index (χ3n) is 6.00. The highest BCUT2D eigenvalue weighted by Crippen LogP contribution is 2.34. The number of hydrogen-bond donors (Lipinski definition) is 1. The molecule has 0 fully saturated rings. The van der Waals surface area contributed by atoms with E-state index in [-0.39, 0.29) is 25.1 Å². The van der Waals surface area contributed by atoms with E-state index in [1.54, 1.807) is 18.4 Å². The van der Waals surface area contributed by atoms with Crippen molar-refractivity contribution in [2.24, 2.45) is 0 Å². The third-order valence-corrected chi connectivity index (χ3v) is 7.00. The Morgan fingerprint density at radius 1 is 1.28 bits per heavy atom. The van der Waals surface area contributed by atoms with Gasteiger partial charge < -0.3 is 19.5 Å². The van der Waals surface area contributed by atoms with Gasteiger partial charge in [0.25, 0.3) is 0 Å². The first-order chi connectivity index (χ1) is 15.4. The van der Waals surface area contributed by atoms with E-state index in [2.05, 4.69) is 37.4 Å². The highest BCUT2D eigenvalue weighted by Gasteiger charge is 2.33. The van der Waals surface area contributed by atoms with Gasteiger partial charge in [-0.3, -0.25) is 9.69 Å². The van der Waals surface area contributed by atoms with Crippen molar-refractivity contribution in [1.82, 2.24) is 9.80 Å². The van der Waals surface area contributed by atoms with Crippen LogP contribution in [0, 0.1) is 0 Å². The Labute approximate surface area is 195 Å². The second kappa shape index (κ2) is 11.8. The number of hydrogen-bond acceptors (Lipinski definition) is 6. The summed E-state index contributed by atoms with van der Waals surface area (Å²) in [5.74, 6) is 1.37. The number of fused-ring (bicyclic) bond motifs is 1. The van der Waals surface area contributed by atoms with Gasteiger partial charge in [-0.05, 0) is 53.6 Å². The SMILES string of the molecule is CCN(CC(=O)N1CCc2sccc2[C@@H]1COc1ccc(C(C)C)cc1)C[C@H](O)COC. The Balaban J connectivity index is 1.69. The topological polar surface area (TPSA) is 62.2 Å². The predicted octanol–water partition coefficient (Wildman–Crippen LogP) is 3.71. The molecule has 1 N–H and O–H groups in total. The van der Waals surface area contributed by atoms with Gasteiger partial charge in [-0.15, -0.1) is 11.3 Å². The molecular weight excluding hydrogens is 424 g/mol. The summed E-state index contributed by atoms with van der Waals surface area (Å²) in [5, 5.41) is 12.2. The van der Waals surface area contributed by atoms with Crippen molar-refractivity contribution in [2.45, 2.75) is 45.3 Å². The lowest BCUT2D eigenvalue weighted by molar-refractivity contribution is -0.136. The Morgan fingerprint density at radius 3 is 2.69 bits per heavy atom. The smallest absolute Gasteiger partial charge is 0.237 e. The van der Waals surface area contributed by atoms with Crippen LogP contribution in [-0.4, -0.2) is 73.4 Å². The minimum atomic E-state index is -0.606. The van der Waals surface area contributed by atoms with E-state index in [1.165, 1.54) is 16.0 Å². The molecule has 1 aromatic carbocycles. The van der Waals surface area contributed by atoms with Gasteiger partial charge in [0.2, 0.25) is 5.91 Å². The van der Waals surface area contributed by atoms with Gasteiger partial charge in [-0.2, -0.15) is 0 Å². The van der Waals surface area contributed by atoms with Crippen LogP contribution in [0.5, 0.6) is 5.75 Å². The first-order valence-electron chi connectivity index (χ1n) is 11.4. The minimum absolute atomic E-state index is 0.0667. The van der Waals surface area contributed by atoms with Crippen molar-refractivity contribution in [1.29, 1.82) is 0 Å². The summed E-state index contributed by atoms with van der Waals surface area (Å²) >= 11 is 1.75. The van der Waals surface area contributed by atoms with Crippen molar-refractivity contribution < 1.29 is 19.4 Å². The monoisotopic (exact) mass is 460 g/mol. The molecular formula is C25H36N2O4S. The fourth-order valence-electron chi connectivity index (χ4n) is 4.13. The van der Waals surface area contributed by atoms with Gasteiger partial charge in [0, 0.05) is 25.1 Å². The van der Waals surface area contributed by atoms with Crippen molar-refractivity contribution in [3.05, 3.63) is 51.7 Å². The summed E-state index contributed by atoms with van der Waals surface area (Å²) < 4.78 is 11.2. The fourth-order valence-corrected chi connectivity index (χ4v) is 5.06. The van der Waals surface area contributed by atoms with Crippen LogP contribution in [0.1, 0.15) is 48.7 Å². The van der Waals surface area contributed by atoms with Crippen LogP contribution >= 0.6 is 11.3 Å². The zero-order chi connectivity index (χ0) is 23.1. The van der Waals surface area contributed by atoms with Gasteiger partial charge in [0.05, 0.1) is 25.3 Å². The maximum atomic E-state index is 13.3. The van der Waals surface area contributed by atoms with E-state index in [0.717, 1.165) is 12.2 Å². The van der Waals surface area contributed by atoms with Crippen molar-refractivity contribution in [3.8, 4) is 5.75 Å². The number of nitrogens with zero attached hydrogens (tertiary/aromatic N) is 2. The number of aliphatic hydroxyl groups excluding tert-OH is 1. The first-order valence-corrected chi connectivity index (χ1v) is 12.3. The molecule has 6 nitrogen and oxygen atoms in total. The third kappa shape index (κ3) is 6.32. The zero-order valence-corrected chi connectivity index (χ0v) is 20.4. The van der Waals surface area contributed by atoms with Crippen LogP contribution in [-0.2, 0) is 16.0 Å². The highest BCUT2D eigenvalue weighted by atomic mass is 32.1. The minimum Gasteiger partial charge on any atom is -0.491 e. The summed E-state index contributed by atoms with van der Waals surface area (Å²) in [6.07, 6.45) is 0.266. The average Bonchev–Trinajstić information content (AvgIpc) is 3.26. The second-order valence-corrected chi connectivity index (χ2v) is 9.62. The summed E-state index contributed by atoms with van der Waals surface area (Å²) in [4.78, 5) is 18.6. The number of aliphatic hydroxyl groups is 1. The van der Waals surface area contributed by atoms with E-state index in [4.69, 9.17) is 9.47 Å². The Hall–Kier alpha value is -1.93. The molecule has 2 atom stereocenters. The van der Waals surface area contributed by atoms with Crippen LogP contribution < -0.4 is 4.74 Å². The molecule has 3 rings (SSSR count). The van der Waals surface area contributed by atoms with E-state index in [9.17, 15) is 9.90 Å². The highest BCUT2D eigenvalue weighted by molar-refractivity contribution is 7.10. The maximum Gasteiger partial charge on any atom is 0.237 e. The van der Waals surface area contributed by atoms with E-state index >= 15 is 0 Å². The number of amides is 1. The van der Waals surface area contributed by atoms with Crippen molar-refractivity contribution in [3.63, 3.8) is 0 Å². The molecule has 0 aliphatic carbocycles. The molecule has 32 heavy (non-hydrogen) atoms. The number of carbonyl (C=O) groups excluding carboxylic acids is 1. The molecule has 1 aromatic heterocycles. The average molecular weight is 461 g/mol. The normalized spacial score (nSPS) is 17.0. The molecule has 0 spiro atoms. The second-order valence-electron chi connectivity index (χ2n) is 8.62. The number of thiophene rings is 1. The molecule has 1 aliphatic heterocycles. The van der Waals surface area contributed by atoms with Crippen LogP contribution in [0.3, 0.4) is 0 Å². The summed E-state index contributed by atoms with van der Waals surface area (Å²) in [6, 6.07) is 10.2. The molecule has 2 aromatic rings. The Bertz CT molecular complexity index is 852. The molecule has 0 saturated carbocycles. The lowest BCUT2D eigenvalue weighted by atomic mass is 10.00. The van der Waals surface area contributed by atoms with Gasteiger partial charge in [0.1, 0.15) is 12.4 Å². The number of ether oxygens (including phenoxy) is 2. The van der Waals surface area contributed by atoms with Crippen LogP contribution in [0.2, 0.25) is 0 Å². The Kier molecular flexibility index (Phi) is 9.11. The van der Waals surface area contributed by atoms with Crippen molar-refractivity contribution >= 4 is 17.2 Å². The standard InChI is InChI=1S/C25H36N2O4S/c1-5-26(14-20(28)16-30-4)15-25(29)27-12-10-24-22(11-13-32-24)23(27)17-31-21-8-6-19(7-9-21)18(2)3/h6-9,11,13,18,20,23,28H,5,10,12,14-17H2,1-4H3/t20-,23-/m0/s1. The van der Waals surface area contributed by atoms with Crippen LogP contribution in [0.15, 0.2) is 35.7 Å². The van der Waals surface area contributed by atoms with Gasteiger partial charge in [-0.25, -0.2) is 0 Å². The maximum absolute atomic E-state index is 13.3. The molecule has 7 heteroatoms. The summed E-state index contributed by atoms with van der Waals surface area (Å²) in [5.41, 5.74) is 2.47. The summed E-state index contributed by atoms with van der Waals surface area (Å²) in [7, 11) is 1.57. The van der Waals surface area contributed by atoms with Gasteiger partial charge in [-0.1, -0.05) is 32.9 Å². The predicted molar refractivity (Wildman–Crippen MR) is 128 cm³/mol. The summed E-state index contributed by atoms with van der Waals surface area (Å²) in [6.45, 7) is 9.10. The van der Waals surface area contributed by atoms with E-state index < -0.39 is 6.10 Å². The molecule has 0 radical (unpaired) electrons. The quantitative estimate of drug-likeness (QED) is 0.554. The molecule has 1 aliphatic rings. The Morgan fingerprint density at radius 2 is 2.03 bits per heavy atom. The lowest BCUT2D eigenvalue weighted by Crippen LogP contribution is -2.48. The molecule has 0 bridgehead atoms.